The molecule has 2 rings (SSSR count). The van der Waals surface area contributed by atoms with Gasteiger partial charge in [0.15, 0.2) is 12.0 Å². The maximum absolute atomic E-state index is 10.3. The molecule has 2 aromatic rings. The molecule has 10 heavy (non-hydrogen) atoms. The molecule has 1 N–H and O–H groups in total. The highest BCUT2D eigenvalue weighted by Gasteiger charge is 2.00. The van der Waals surface area contributed by atoms with Crippen LogP contribution in [0.4, 0.5) is 0 Å². The summed E-state index contributed by atoms with van der Waals surface area (Å²) in [4.78, 5) is 10.3. The summed E-state index contributed by atoms with van der Waals surface area (Å²) in [7, 11) is 0. The first-order valence-corrected chi connectivity index (χ1v) is 2.88. The Morgan fingerprint density at radius 1 is 1.70 bits per heavy atom. The molecule has 0 aliphatic rings. The average Bonchev–Trinajstić information content (AvgIpc) is 2.44. The van der Waals surface area contributed by atoms with Gasteiger partial charge in [-0.2, -0.15) is 5.10 Å². The fraction of sp³-hybridized carbons (Fsp3) is 0. The quantitative estimate of drug-likeness (QED) is 0.578. The van der Waals surface area contributed by atoms with Crippen molar-refractivity contribution in [1.29, 1.82) is 0 Å². The molecule has 0 fully saturated rings. The lowest BCUT2D eigenvalue weighted by Gasteiger charge is -1.76. The molecular formula is C6H5N3O. The van der Waals surface area contributed by atoms with Gasteiger partial charge in [0.2, 0.25) is 0 Å². The maximum Gasteiger partial charge on any atom is 0.172 e. The van der Waals surface area contributed by atoms with E-state index in [4.69, 9.17) is 0 Å². The Morgan fingerprint density at radius 3 is 3.40 bits per heavy atom. The average molecular weight is 135 g/mol. The van der Waals surface area contributed by atoms with Crippen molar-refractivity contribution in [1.82, 2.24) is 14.8 Å². The van der Waals surface area contributed by atoms with Gasteiger partial charge in [0.05, 0.1) is 5.52 Å². The predicted molar refractivity (Wildman–Crippen MR) is 34.9 cm³/mol. The number of nitrogens with one attached hydrogen (secondary N) is 1. The van der Waals surface area contributed by atoms with Crippen LogP contribution in [0.25, 0.3) is 5.52 Å². The number of aldehydes is 1. The molecule has 0 aliphatic heterocycles. The summed E-state index contributed by atoms with van der Waals surface area (Å²) >= 11 is 0. The molecule has 0 aliphatic carbocycles. The first-order valence-electron chi connectivity index (χ1n) is 2.88. The van der Waals surface area contributed by atoms with Crippen molar-refractivity contribution in [2.75, 3.05) is 0 Å². The molecular weight excluding hydrogens is 130 g/mol. The van der Waals surface area contributed by atoms with Gasteiger partial charge in [-0.3, -0.25) is 4.79 Å². The molecule has 4 nitrogen and oxygen atoms in total. The van der Waals surface area contributed by atoms with E-state index in [0.717, 1.165) is 11.8 Å². The zero-order valence-electron chi connectivity index (χ0n) is 5.11. The van der Waals surface area contributed by atoms with Crippen molar-refractivity contribution in [3.63, 3.8) is 0 Å². The van der Waals surface area contributed by atoms with Gasteiger partial charge in [0.1, 0.15) is 0 Å². The Labute approximate surface area is 56.4 Å². The van der Waals surface area contributed by atoms with E-state index >= 15 is 0 Å². The van der Waals surface area contributed by atoms with E-state index in [1.807, 2.05) is 12.1 Å². The lowest BCUT2D eigenvalue weighted by molar-refractivity contribution is 0.112. The molecule has 0 saturated carbocycles. The van der Waals surface area contributed by atoms with Crippen molar-refractivity contribution in [2.45, 2.75) is 0 Å². The molecule has 2 heterocycles. The van der Waals surface area contributed by atoms with E-state index in [0.29, 0.717) is 5.69 Å². The smallest absolute Gasteiger partial charge is 0.172 e. The van der Waals surface area contributed by atoms with E-state index < -0.39 is 0 Å². The molecule has 2 aromatic heterocycles. The summed E-state index contributed by atoms with van der Waals surface area (Å²) in [6.45, 7) is 0. The van der Waals surface area contributed by atoms with E-state index in [2.05, 4.69) is 10.3 Å². The third kappa shape index (κ3) is 0.500. The van der Waals surface area contributed by atoms with Crippen molar-refractivity contribution in [3.8, 4) is 0 Å². The molecule has 50 valence electrons. The molecule has 0 unspecified atom stereocenters. The van der Waals surface area contributed by atoms with Crippen molar-refractivity contribution in [3.05, 3.63) is 24.0 Å². The number of carbonyl (C=O) groups excluding carboxylic acids is 1. The van der Waals surface area contributed by atoms with Crippen LogP contribution in [0.15, 0.2) is 18.3 Å². The second-order valence-corrected chi connectivity index (χ2v) is 1.98. The third-order valence-electron chi connectivity index (χ3n) is 1.40. The van der Waals surface area contributed by atoms with E-state index in [9.17, 15) is 4.79 Å². The Balaban J connectivity index is 2.88. The standard InChI is InChI=1S/C6H5N3O/c10-4-5-6-2-1-3-9(6)8-7-5/h1-4,8H. The Bertz CT molecular complexity index is 360. The van der Waals surface area contributed by atoms with Gasteiger partial charge in [-0.05, 0) is 12.1 Å². The van der Waals surface area contributed by atoms with Crippen LogP contribution in [0, 0.1) is 0 Å². The molecule has 4 heteroatoms. The van der Waals surface area contributed by atoms with Crippen molar-refractivity contribution < 1.29 is 4.79 Å². The van der Waals surface area contributed by atoms with Crippen LogP contribution >= 0.6 is 0 Å². The SMILES string of the molecule is O=Cc1n[nH]n2cccc12. The normalized spacial score (nSPS) is 10.4. The first-order chi connectivity index (χ1) is 4.92. The van der Waals surface area contributed by atoms with Crippen molar-refractivity contribution in [2.24, 2.45) is 0 Å². The predicted octanol–water partition coefficient (Wildman–Crippen LogP) is 0.475. The highest BCUT2D eigenvalue weighted by Crippen LogP contribution is 2.04. The number of H-pyrrole nitrogens is 1. The number of carbonyl (C=O) groups is 1. The van der Waals surface area contributed by atoms with Crippen LogP contribution < -0.4 is 0 Å². The fourth-order valence-electron chi connectivity index (χ4n) is 0.929. The molecule has 0 radical (unpaired) electrons. The molecule has 0 atom stereocenters. The van der Waals surface area contributed by atoms with Crippen LogP contribution in [-0.4, -0.2) is 21.1 Å². The minimum absolute atomic E-state index is 0.449. The second kappa shape index (κ2) is 1.70. The number of fused-ring (bicyclic) bond motifs is 1. The zero-order chi connectivity index (χ0) is 6.97. The summed E-state index contributed by atoms with van der Waals surface area (Å²) in [6.07, 6.45) is 2.53. The molecule has 0 spiro atoms. The van der Waals surface area contributed by atoms with Gasteiger partial charge < -0.3 is 0 Å². The first kappa shape index (κ1) is 5.22. The van der Waals surface area contributed by atoms with Crippen LogP contribution in [0.1, 0.15) is 10.5 Å². The number of hydrogen-bond donors (Lipinski definition) is 1. The highest BCUT2D eigenvalue weighted by molar-refractivity contribution is 5.82. The topological polar surface area (TPSA) is 50.2 Å². The largest absolute Gasteiger partial charge is 0.296 e. The number of nitrogens with zero attached hydrogens (tertiary/aromatic N) is 2. The number of aromatic amines is 1. The lowest BCUT2D eigenvalue weighted by Crippen LogP contribution is -1.77. The zero-order valence-corrected chi connectivity index (χ0v) is 5.11. The van der Waals surface area contributed by atoms with Gasteiger partial charge in [-0.1, -0.05) is 0 Å². The Hall–Kier alpha value is -1.58. The van der Waals surface area contributed by atoms with E-state index in [1.54, 1.807) is 10.7 Å². The summed E-state index contributed by atoms with van der Waals surface area (Å²) in [6, 6.07) is 3.67. The van der Waals surface area contributed by atoms with Gasteiger partial charge in [0.25, 0.3) is 0 Å². The lowest BCUT2D eigenvalue weighted by atomic mass is 10.4. The van der Waals surface area contributed by atoms with Crippen molar-refractivity contribution >= 4 is 11.8 Å². The number of rotatable bonds is 1. The molecule has 0 amide bonds. The van der Waals surface area contributed by atoms with Gasteiger partial charge in [-0.25, -0.2) is 9.73 Å². The van der Waals surface area contributed by atoms with Gasteiger partial charge in [-0.15, -0.1) is 0 Å². The fourth-order valence-corrected chi connectivity index (χ4v) is 0.929. The monoisotopic (exact) mass is 135 g/mol. The van der Waals surface area contributed by atoms with Crippen LogP contribution in [0.3, 0.4) is 0 Å². The number of hydrogen-bond acceptors (Lipinski definition) is 2. The summed E-state index contributed by atoms with van der Waals surface area (Å²) in [5.74, 6) is 0. The highest BCUT2D eigenvalue weighted by atomic mass is 16.1. The summed E-state index contributed by atoms with van der Waals surface area (Å²) < 4.78 is 1.68. The van der Waals surface area contributed by atoms with Crippen LogP contribution in [0.5, 0.6) is 0 Å². The number of aromatic nitrogens is 3. The Morgan fingerprint density at radius 2 is 2.60 bits per heavy atom. The Kier molecular flexibility index (Phi) is 0.887. The van der Waals surface area contributed by atoms with Crippen LogP contribution in [-0.2, 0) is 0 Å². The maximum atomic E-state index is 10.3. The minimum Gasteiger partial charge on any atom is -0.296 e. The van der Waals surface area contributed by atoms with Crippen LogP contribution in [0.2, 0.25) is 0 Å². The summed E-state index contributed by atoms with van der Waals surface area (Å²) in [5, 5.41) is 6.40. The van der Waals surface area contributed by atoms with Gasteiger partial charge in [0, 0.05) is 6.20 Å². The van der Waals surface area contributed by atoms with E-state index in [1.165, 1.54) is 0 Å². The molecule has 0 bridgehead atoms. The minimum atomic E-state index is 0.449. The second-order valence-electron chi connectivity index (χ2n) is 1.98. The molecule has 0 aromatic carbocycles. The summed E-state index contributed by atoms with van der Waals surface area (Å²) in [5.41, 5.74) is 1.26. The third-order valence-corrected chi connectivity index (χ3v) is 1.40. The molecule has 0 saturated heterocycles. The van der Waals surface area contributed by atoms with Gasteiger partial charge >= 0.3 is 0 Å². The van der Waals surface area contributed by atoms with E-state index in [-0.39, 0.29) is 0 Å².